The highest BCUT2D eigenvalue weighted by molar-refractivity contribution is 5.75. The van der Waals surface area contributed by atoms with Crippen LogP contribution in [-0.4, -0.2) is 85.9 Å². The molecule has 282 valence electrons. The molecule has 0 saturated carbocycles. The Balaban J connectivity index is 1.19. The van der Waals surface area contributed by atoms with Gasteiger partial charge >= 0.3 is 5.97 Å². The number of ether oxygens (including phenoxy) is 7. The summed E-state index contributed by atoms with van der Waals surface area (Å²) in [6, 6.07) is 18.4. The van der Waals surface area contributed by atoms with E-state index in [2.05, 4.69) is 0 Å². The van der Waals surface area contributed by atoms with Gasteiger partial charge in [-0.2, -0.15) is 0 Å². The molecule has 0 spiro atoms. The van der Waals surface area contributed by atoms with E-state index >= 15 is 0 Å². The van der Waals surface area contributed by atoms with Crippen molar-refractivity contribution < 1.29 is 63.5 Å². The summed E-state index contributed by atoms with van der Waals surface area (Å²) in [5.74, 6) is 0.649. The normalized spacial score (nSPS) is 20.2. The first-order valence-electron chi connectivity index (χ1n) is 17.1. The molecule has 6 rings (SSSR count). The van der Waals surface area contributed by atoms with E-state index in [0.29, 0.717) is 41.4 Å². The number of aliphatic hydroxyl groups excluding tert-OH is 3. The van der Waals surface area contributed by atoms with Crippen molar-refractivity contribution in [2.45, 2.75) is 37.1 Å². The molecule has 0 aliphatic carbocycles. The van der Waals surface area contributed by atoms with Crippen molar-refractivity contribution >= 4 is 5.97 Å². The second-order valence-electron chi connectivity index (χ2n) is 13.1. The molecule has 1 saturated heterocycles. The van der Waals surface area contributed by atoms with Gasteiger partial charge in [0.1, 0.15) is 12.2 Å². The Labute approximate surface area is 306 Å². The van der Waals surface area contributed by atoms with Crippen molar-refractivity contribution in [3.63, 3.8) is 0 Å². The van der Waals surface area contributed by atoms with E-state index in [9.17, 15) is 30.3 Å². The summed E-state index contributed by atoms with van der Waals surface area (Å²) in [7, 11) is 5.88. The molecule has 6 atom stereocenters. The van der Waals surface area contributed by atoms with Crippen molar-refractivity contribution in [2.24, 2.45) is 11.8 Å². The number of esters is 1. The number of rotatable bonds is 15. The van der Waals surface area contributed by atoms with Crippen LogP contribution in [0.25, 0.3) is 0 Å². The number of aromatic hydroxyl groups is 2. The Morgan fingerprint density at radius 1 is 0.736 bits per heavy atom. The summed E-state index contributed by atoms with van der Waals surface area (Å²) in [5, 5.41) is 51.6. The van der Waals surface area contributed by atoms with Crippen molar-refractivity contribution in [3.05, 3.63) is 94.5 Å². The van der Waals surface area contributed by atoms with Gasteiger partial charge in [-0.25, -0.2) is 0 Å². The third kappa shape index (κ3) is 7.59. The lowest BCUT2D eigenvalue weighted by molar-refractivity contribution is -0.141. The van der Waals surface area contributed by atoms with E-state index in [1.165, 1.54) is 45.6 Å². The van der Waals surface area contributed by atoms with E-state index in [1.807, 2.05) is 12.1 Å². The SMILES string of the molecule is COc1cc(C(O)C(CO)Oc2ccc(C[C@H]3C(=O)OC[C@@H]3Cc3cc(OC)c4c(c3)[C@H](CO)[C@@H](c3ccc(O)c(OC)c3)O4)cc2OC)ccc1O. The van der Waals surface area contributed by atoms with Crippen molar-refractivity contribution in [1.82, 2.24) is 0 Å². The maximum absolute atomic E-state index is 13.1. The first kappa shape index (κ1) is 37.4. The lowest BCUT2D eigenvalue weighted by Crippen LogP contribution is -2.29. The summed E-state index contributed by atoms with van der Waals surface area (Å²) in [6.45, 7) is -0.489. The van der Waals surface area contributed by atoms with Crippen molar-refractivity contribution in [2.75, 3.05) is 48.3 Å². The number of aliphatic hydroxyl groups is 3. The van der Waals surface area contributed by atoms with Gasteiger partial charge in [0.25, 0.3) is 0 Å². The molecule has 0 radical (unpaired) electrons. The fourth-order valence-corrected chi connectivity index (χ4v) is 7.10. The monoisotopic (exact) mass is 732 g/mol. The fraction of sp³-hybridized carbons (Fsp3) is 0.375. The number of benzene rings is 4. The number of cyclic esters (lactones) is 1. The van der Waals surface area contributed by atoms with Gasteiger partial charge in [0.15, 0.2) is 52.1 Å². The van der Waals surface area contributed by atoms with Crippen LogP contribution >= 0.6 is 0 Å². The van der Waals surface area contributed by atoms with E-state index in [-0.39, 0.29) is 48.1 Å². The predicted molar refractivity (Wildman–Crippen MR) is 190 cm³/mol. The minimum absolute atomic E-state index is 0.00315. The van der Waals surface area contributed by atoms with Crippen LogP contribution in [0.4, 0.5) is 0 Å². The highest BCUT2D eigenvalue weighted by atomic mass is 16.5. The molecule has 1 fully saturated rings. The minimum Gasteiger partial charge on any atom is -0.504 e. The number of hydrogen-bond acceptors (Lipinski definition) is 13. The van der Waals surface area contributed by atoms with Gasteiger partial charge < -0.3 is 58.7 Å². The number of phenolic OH excluding ortho intramolecular Hbond substituents is 2. The van der Waals surface area contributed by atoms with Crippen LogP contribution in [0.1, 0.15) is 45.9 Å². The molecule has 0 bridgehead atoms. The number of hydrogen-bond donors (Lipinski definition) is 5. The van der Waals surface area contributed by atoms with Crippen LogP contribution in [-0.2, 0) is 22.4 Å². The van der Waals surface area contributed by atoms with Gasteiger partial charge in [-0.05, 0) is 77.6 Å². The molecule has 13 heteroatoms. The maximum atomic E-state index is 13.1. The quantitative estimate of drug-likeness (QED) is 0.109. The van der Waals surface area contributed by atoms with Gasteiger partial charge in [-0.3, -0.25) is 4.79 Å². The van der Waals surface area contributed by atoms with Crippen LogP contribution in [0, 0.1) is 11.8 Å². The molecule has 0 aromatic heterocycles. The zero-order valence-electron chi connectivity index (χ0n) is 29.9. The largest absolute Gasteiger partial charge is 0.504 e. The predicted octanol–water partition coefficient (Wildman–Crippen LogP) is 4.39. The van der Waals surface area contributed by atoms with Crippen molar-refractivity contribution in [3.8, 4) is 46.0 Å². The summed E-state index contributed by atoms with van der Waals surface area (Å²) in [6.07, 6.45) is -2.03. The number of carbonyl (C=O) groups excluding carboxylic acids is 1. The minimum atomic E-state index is -1.26. The molecular weight excluding hydrogens is 688 g/mol. The topological polar surface area (TPSA) is 183 Å². The van der Waals surface area contributed by atoms with E-state index in [4.69, 9.17) is 33.2 Å². The molecular formula is C40H44O13. The number of phenols is 2. The molecule has 0 amide bonds. The van der Waals surface area contributed by atoms with Gasteiger partial charge in [-0.1, -0.05) is 24.3 Å². The standard InChI is InChI=1S/C40H44O13/c1-47-32-16-23(6-8-29(32)43)37(45)36(19-42)52-31-10-5-21(14-34(31)49-3)12-26-25(20-51-40(26)46)11-22-13-27-28(18-41)38(53-39(27)35(15-22)50-4)24-7-9-30(44)33(17-24)48-2/h5-10,13-17,25-26,28,36-38,41-45H,11-12,18-20H2,1-4H3/t25-,26+,28-,36?,37?,38+/m0/s1. The van der Waals surface area contributed by atoms with Gasteiger partial charge in [0, 0.05) is 11.5 Å². The summed E-state index contributed by atoms with van der Waals surface area (Å²) < 4.78 is 39.7. The van der Waals surface area contributed by atoms with Gasteiger partial charge in [0.05, 0.1) is 60.1 Å². The van der Waals surface area contributed by atoms with Crippen LogP contribution in [0.3, 0.4) is 0 Å². The Bertz CT molecular complexity index is 1930. The molecule has 2 unspecified atom stereocenters. The second kappa shape index (κ2) is 16.1. The van der Waals surface area contributed by atoms with E-state index in [1.54, 1.807) is 37.4 Å². The highest BCUT2D eigenvalue weighted by Crippen LogP contribution is 2.52. The summed E-state index contributed by atoms with van der Waals surface area (Å²) in [4.78, 5) is 13.1. The zero-order chi connectivity index (χ0) is 37.8. The van der Waals surface area contributed by atoms with Gasteiger partial charge in [-0.15, -0.1) is 0 Å². The highest BCUT2D eigenvalue weighted by Gasteiger charge is 2.40. The van der Waals surface area contributed by atoms with Crippen LogP contribution in [0.5, 0.6) is 46.0 Å². The third-order valence-electron chi connectivity index (χ3n) is 9.95. The van der Waals surface area contributed by atoms with Crippen LogP contribution < -0.4 is 28.4 Å². The molecule has 4 aromatic carbocycles. The first-order valence-corrected chi connectivity index (χ1v) is 17.1. The fourth-order valence-electron chi connectivity index (χ4n) is 7.10. The summed E-state index contributed by atoms with van der Waals surface area (Å²) in [5.41, 5.74) is 3.55. The second-order valence-corrected chi connectivity index (χ2v) is 13.1. The summed E-state index contributed by atoms with van der Waals surface area (Å²) >= 11 is 0. The van der Waals surface area contributed by atoms with Crippen LogP contribution in [0.2, 0.25) is 0 Å². The molecule has 2 aliphatic rings. The van der Waals surface area contributed by atoms with Gasteiger partial charge in [0.2, 0.25) is 0 Å². The first-order chi connectivity index (χ1) is 25.6. The van der Waals surface area contributed by atoms with Crippen LogP contribution in [0.15, 0.2) is 66.7 Å². The molecule has 4 aromatic rings. The zero-order valence-corrected chi connectivity index (χ0v) is 29.9. The number of carbonyl (C=O) groups is 1. The Morgan fingerprint density at radius 3 is 2.09 bits per heavy atom. The Kier molecular flexibility index (Phi) is 11.4. The maximum Gasteiger partial charge on any atom is 0.309 e. The Hall–Kier alpha value is -5.37. The average molecular weight is 733 g/mol. The number of fused-ring (bicyclic) bond motifs is 1. The lowest BCUT2D eigenvalue weighted by atomic mass is 9.83. The third-order valence-corrected chi connectivity index (χ3v) is 9.95. The van der Waals surface area contributed by atoms with E-state index in [0.717, 1.165) is 22.3 Å². The molecule has 2 heterocycles. The molecule has 53 heavy (non-hydrogen) atoms. The smallest absolute Gasteiger partial charge is 0.309 e. The number of methoxy groups -OCH3 is 4. The Morgan fingerprint density at radius 2 is 1.42 bits per heavy atom. The van der Waals surface area contributed by atoms with E-state index < -0.39 is 36.8 Å². The molecule has 5 N–H and O–H groups in total. The lowest BCUT2D eigenvalue weighted by Gasteiger charge is -2.24. The average Bonchev–Trinajstić information content (AvgIpc) is 3.72. The van der Waals surface area contributed by atoms with Crippen molar-refractivity contribution in [1.29, 1.82) is 0 Å². The molecule has 13 nitrogen and oxygen atoms in total. The molecule has 2 aliphatic heterocycles.